The second-order valence-electron chi connectivity index (χ2n) is 8.65. The number of hydrogen-bond acceptors (Lipinski definition) is 7. The van der Waals surface area contributed by atoms with Crippen LogP contribution in [0.4, 0.5) is 13.2 Å². The van der Waals surface area contributed by atoms with Gasteiger partial charge in [-0.25, -0.2) is 8.42 Å². The first-order valence-electron chi connectivity index (χ1n) is 11.9. The van der Waals surface area contributed by atoms with Crippen molar-refractivity contribution in [2.45, 2.75) is 50.0 Å². The molecular weight excluding hydrogens is 563 g/mol. The second kappa shape index (κ2) is 11.4. The molecule has 3 aromatic rings. The number of hydrogen-bond donors (Lipinski definition) is 0. The van der Waals surface area contributed by atoms with Gasteiger partial charge >= 0.3 is 12.3 Å². The monoisotopic (exact) mass is 587 g/mol. The van der Waals surface area contributed by atoms with E-state index in [0.717, 1.165) is 23.4 Å². The minimum absolute atomic E-state index is 0.00770. The van der Waals surface area contributed by atoms with Crippen molar-refractivity contribution in [2.24, 2.45) is 0 Å². The van der Waals surface area contributed by atoms with Gasteiger partial charge in [-0.2, -0.15) is 9.40 Å². The van der Waals surface area contributed by atoms with E-state index in [9.17, 15) is 26.4 Å². The Morgan fingerprint density at radius 1 is 1.18 bits per heavy atom. The lowest BCUT2D eigenvalue weighted by Crippen LogP contribution is -2.33. The van der Waals surface area contributed by atoms with Crippen LogP contribution in [0.2, 0.25) is 5.02 Å². The molecule has 1 aliphatic rings. The minimum Gasteiger partial charge on any atom is -0.465 e. The summed E-state index contributed by atoms with van der Waals surface area (Å²) in [6.45, 7) is 1.91. The summed E-state index contributed by atoms with van der Waals surface area (Å²) in [6.07, 6.45) is -1.31. The van der Waals surface area contributed by atoms with E-state index in [1.165, 1.54) is 41.7 Å². The minimum atomic E-state index is -4.82. The van der Waals surface area contributed by atoms with Crippen molar-refractivity contribution < 1.29 is 40.6 Å². The number of carbonyl (C=O) groups is 1. The van der Waals surface area contributed by atoms with E-state index in [1.807, 2.05) is 0 Å². The Kier molecular flexibility index (Phi) is 8.42. The molecule has 39 heavy (non-hydrogen) atoms. The number of ether oxygens (including phenoxy) is 3. The number of nitrogens with zero attached hydrogens (tertiary/aromatic N) is 3. The fourth-order valence-corrected chi connectivity index (χ4v) is 6.01. The zero-order valence-corrected chi connectivity index (χ0v) is 22.5. The summed E-state index contributed by atoms with van der Waals surface area (Å²) in [7, 11) is -2.52. The van der Waals surface area contributed by atoms with Gasteiger partial charge in [-0.05, 0) is 68.7 Å². The SMILES string of the molecule is CCOC(=O)Cn1ncc2c1CCC[C@H]2N(C)S(=O)(=O)c1ccc(Oc2ccc(OC(F)(F)F)cc2)c(Cl)c1. The highest BCUT2D eigenvalue weighted by Crippen LogP contribution is 2.38. The molecule has 1 aromatic heterocycles. The molecule has 1 aliphatic carbocycles. The van der Waals surface area contributed by atoms with Crippen LogP contribution in [0.3, 0.4) is 0 Å². The average Bonchev–Trinajstić information content (AvgIpc) is 3.28. The Bertz CT molecular complexity index is 1440. The van der Waals surface area contributed by atoms with E-state index >= 15 is 0 Å². The van der Waals surface area contributed by atoms with Crippen molar-refractivity contribution in [3.05, 3.63) is 64.9 Å². The quantitative estimate of drug-likeness (QED) is 0.305. The number of alkyl halides is 3. The Balaban J connectivity index is 1.50. The molecule has 2 aromatic carbocycles. The first-order chi connectivity index (χ1) is 18.4. The van der Waals surface area contributed by atoms with Crippen LogP contribution in [0.15, 0.2) is 53.6 Å². The predicted molar refractivity (Wildman–Crippen MR) is 134 cm³/mol. The van der Waals surface area contributed by atoms with Crippen LogP contribution in [-0.2, 0) is 32.5 Å². The number of fused-ring (bicyclic) bond motifs is 1. The van der Waals surface area contributed by atoms with Crippen molar-refractivity contribution in [2.75, 3.05) is 13.7 Å². The van der Waals surface area contributed by atoms with Gasteiger partial charge in [0.1, 0.15) is 23.8 Å². The molecule has 0 saturated heterocycles. The van der Waals surface area contributed by atoms with E-state index in [2.05, 4.69) is 9.84 Å². The molecule has 0 radical (unpaired) electrons. The predicted octanol–water partition coefficient (Wildman–Crippen LogP) is 5.49. The Hall–Kier alpha value is -3.29. The number of esters is 1. The van der Waals surface area contributed by atoms with Crippen LogP contribution in [0.5, 0.6) is 17.2 Å². The fraction of sp³-hybridized carbons (Fsp3) is 0.360. The Labute approximate surface area is 228 Å². The number of rotatable bonds is 9. The molecule has 0 aliphatic heterocycles. The maximum atomic E-state index is 13.5. The molecule has 0 amide bonds. The molecule has 0 N–H and O–H groups in total. The molecule has 14 heteroatoms. The van der Waals surface area contributed by atoms with Crippen LogP contribution in [0.1, 0.15) is 37.1 Å². The van der Waals surface area contributed by atoms with E-state index in [0.29, 0.717) is 19.3 Å². The van der Waals surface area contributed by atoms with Gasteiger partial charge in [0.2, 0.25) is 10.0 Å². The highest BCUT2D eigenvalue weighted by molar-refractivity contribution is 7.89. The fourth-order valence-electron chi connectivity index (χ4n) is 4.33. The molecular formula is C25H25ClF3N3O6S. The molecule has 0 spiro atoms. The highest BCUT2D eigenvalue weighted by Gasteiger charge is 2.35. The van der Waals surface area contributed by atoms with E-state index in [4.69, 9.17) is 21.1 Å². The van der Waals surface area contributed by atoms with Crippen LogP contribution in [0, 0.1) is 0 Å². The van der Waals surface area contributed by atoms with E-state index in [-0.39, 0.29) is 34.6 Å². The van der Waals surface area contributed by atoms with Crippen molar-refractivity contribution in [1.29, 1.82) is 0 Å². The summed E-state index contributed by atoms with van der Waals surface area (Å²) in [6, 6.07) is 8.14. The second-order valence-corrected chi connectivity index (χ2v) is 11.1. The first-order valence-corrected chi connectivity index (χ1v) is 13.7. The lowest BCUT2D eigenvalue weighted by Gasteiger charge is -2.31. The molecule has 0 saturated carbocycles. The maximum absolute atomic E-state index is 13.5. The van der Waals surface area contributed by atoms with Crippen molar-refractivity contribution in [3.8, 4) is 17.2 Å². The van der Waals surface area contributed by atoms with Gasteiger partial charge in [0.15, 0.2) is 0 Å². The standard InChI is InChI=1S/C25H25ClF3N3O6S/c1-3-36-24(33)15-32-22-6-4-5-21(19(22)14-30-32)31(2)39(34,35)18-11-12-23(20(26)13-18)37-16-7-9-17(10-8-16)38-25(27,28)29/h7-14,21H,3-6,15H2,1-2H3/t21-/m1/s1. The summed E-state index contributed by atoms with van der Waals surface area (Å²) in [4.78, 5) is 11.9. The summed E-state index contributed by atoms with van der Waals surface area (Å²) in [5.74, 6) is -0.548. The third-order valence-electron chi connectivity index (χ3n) is 6.12. The van der Waals surface area contributed by atoms with Crippen molar-refractivity contribution in [3.63, 3.8) is 0 Å². The van der Waals surface area contributed by atoms with Crippen LogP contribution >= 0.6 is 11.6 Å². The van der Waals surface area contributed by atoms with E-state index in [1.54, 1.807) is 17.8 Å². The first kappa shape index (κ1) is 28.7. The zero-order chi connectivity index (χ0) is 28.4. The summed E-state index contributed by atoms with van der Waals surface area (Å²) >= 11 is 6.31. The van der Waals surface area contributed by atoms with Gasteiger partial charge in [-0.15, -0.1) is 13.2 Å². The summed E-state index contributed by atoms with van der Waals surface area (Å²) in [5.41, 5.74) is 1.51. The molecule has 4 rings (SSSR count). The number of carbonyl (C=O) groups excluding carboxylic acids is 1. The molecule has 0 fully saturated rings. The zero-order valence-electron chi connectivity index (χ0n) is 20.9. The average molecular weight is 588 g/mol. The van der Waals surface area contributed by atoms with Gasteiger partial charge in [-0.3, -0.25) is 9.48 Å². The molecule has 1 heterocycles. The Morgan fingerprint density at radius 3 is 2.51 bits per heavy atom. The normalized spacial score (nSPS) is 15.6. The van der Waals surface area contributed by atoms with Crippen LogP contribution < -0.4 is 9.47 Å². The third kappa shape index (κ3) is 6.65. The van der Waals surface area contributed by atoms with Gasteiger partial charge in [-0.1, -0.05) is 11.6 Å². The number of halogens is 4. The number of benzene rings is 2. The Morgan fingerprint density at radius 2 is 1.87 bits per heavy atom. The smallest absolute Gasteiger partial charge is 0.465 e. The van der Waals surface area contributed by atoms with Gasteiger partial charge in [0.05, 0.1) is 28.8 Å². The summed E-state index contributed by atoms with van der Waals surface area (Å²) < 4.78 is 81.3. The molecule has 0 unspecified atom stereocenters. The van der Waals surface area contributed by atoms with Gasteiger partial charge in [0.25, 0.3) is 0 Å². The van der Waals surface area contributed by atoms with Crippen molar-refractivity contribution in [1.82, 2.24) is 14.1 Å². The summed E-state index contributed by atoms with van der Waals surface area (Å²) in [5, 5.41) is 4.28. The molecule has 1 atom stereocenters. The topological polar surface area (TPSA) is 100.0 Å². The van der Waals surface area contributed by atoms with Crippen LogP contribution in [0.25, 0.3) is 0 Å². The van der Waals surface area contributed by atoms with Crippen LogP contribution in [-0.4, -0.2) is 48.5 Å². The van der Waals surface area contributed by atoms with E-state index < -0.39 is 34.1 Å². The maximum Gasteiger partial charge on any atom is 0.573 e. The number of sulfonamides is 1. The molecule has 210 valence electrons. The largest absolute Gasteiger partial charge is 0.573 e. The lowest BCUT2D eigenvalue weighted by atomic mass is 9.93. The van der Waals surface area contributed by atoms with Gasteiger partial charge < -0.3 is 14.2 Å². The molecule has 9 nitrogen and oxygen atoms in total. The molecule has 0 bridgehead atoms. The lowest BCUT2D eigenvalue weighted by molar-refractivity contribution is -0.274. The third-order valence-corrected chi connectivity index (χ3v) is 8.28. The van der Waals surface area contributed by atoms with Gasteiger partial charge in [0, 0.05) is 18.3 Å². The highest BCUT2D eigenvalue weighted by atomic mass is 35.5. The van der Waals surface area contributed by atoms with Crippen molar-refractivity contribution >= 4 is 27.6 Å². The number of aromatic nitrogens is 2.